The molecule has 1 amide bonds. The molecule has 0 aliphatic carbocycles. The number of aryl methyl sites for hydroxylation is 1. The smallest absolute Gasteiger partial charge is 0.232 e. The fraction of sp³-hybridized carbons (Fsp3) is 0.583. The summed E-state index contributed by atoms with van der Waals surface area (Å²) in [5.74, 6) is 0.728. The summed E-state index contributed by atoms with van der Waals surface area (Å²) in [5, 5.41) is 5.96. The molecule has 0 bridgehead atoms. The number of anilines is 1. The summed E-state index contributed by atoms with van der Waals surface area (Å²) in [5.41, 5.74) is 0.763. The Morgan fingerprint density at radius 1 is 1.56 bits per heavy atom. The highest BCUT2D eigenvalue weighted by Crippen LogP contribution is 2.14. The second-order valence-electron chi connectivity index (χ2n) is 4.41. The summed E-state index contributed by atoms with van der Waals surface area (Å²) in [6.07, 6.45) is 1.93. The Morgan fingerprint density at radius 3 is 3.06 bits per heavy atom. The lowest BCUT2D eigenvalue weighted by Crippen LogP contribution is -2.37. The largest absolute Gasteiger partial charge is 0.481 e. The van der Waals surface area contributed by atoms with E-state index in [1.165, 1.54) is 0 Å². The van der Waals surface area contributed by atoms with E-state index >= 15 is 0 Å². The highest BCUT2D eigenvalue weighted by atomic mass is 16.5. The van der Waals surface area contributed by atoms with Crippen molar-refractivity contribution in [2.45, 2.75) is 19.8 Å². The van der Waals surface area contributed by atoms with Crippen LogP contribution in [0.5, 0.6) is 5.88 Å². The first-order chi connectivity index (χ1) is 8.69. The molecule has 6 nitrogen and oxygen atoms in total. The van der Waals surface area contributed by atoms with Crippen LogP contribution < -0.4 is 15.4 Å². The van der Waals surface area contributed by atoms with Gasteiger partial charge in [-0.1, -0.05) is 0 Å². The first-order valence-corrected chi connectivity index (χ1v) is 6.10. The number of hydrogen-bond donors (Lipinski definition) is 2. The molecule has 1 saturated heterocycles. The number of carbonyl (C=O) groups excluding carboxylic acids is 1. The third-order valence-electron chi connectivity index (χ3n) is 2.94. The van der Waals surface area contributed by atoms with E-state index in [0.29, 0.717) is 11.8 Å². The Kier molecular flexibility index (Phi) is 4.09. The van der Waals surface area contributed by atoms with Gasteiger partial charge in [-0.25, -0.2) is 4.98 Å². The normalized spacial score (nSPS) is 19.3. The van der Waals surface area contributed by atoms with Crippen LogP contribution in [0.15, 0.2) is 6.07 Å². The van der Waals surface area contributed by atoms with Crippen LogP contribution >= 0.6 is 0 Å². The van der Waals surface area contributed by atoms with Crippen molar-refractivity contribution in [2.24, 2.45) is 5.92 Å². The predicted molar refractivity (Wildman–Crippen MR) is 67.5 cm³/mol. The molecule has 2 rings (SSSR count). The van der Waals surface area contributed by atoms with Gasteiger partial charge in [0, 0.05) is 18.3 Å². The molecule has 18 heavy (non-hydrogen) atoms. The molecule has 2 N–H and O–H groups in total. The Labute approximate surface area is 106 Å². The molecule has 1 atom stereocenters. The van der Waals surface area contributed by atoms with Crippen LogP contribution in [-0.2, 0) is 4.79 Å². The van der Waals surface area contributed by atoms with Crippen molar-refractivity contribution in [1.82, 2.24) is 15.3 Å². The molecule has 0 saturated carbocycles. The number of nitrogens with zero attached hydrogens (tertiary/aromatic N) is 2. The van der Waals surface area contributed by atoms with Gasteiger partial charge < -0.3 is 10.1 Å². The summed E-state index contributed by atoms with van der Waals surface area (Å²) in [6, 6.07) is 1.72. The molecule has 0 spiro atoms. The van der Waals surface area contributed by atoms with E-state index in [4.69, 9.17) is 4.74 Å². The summed E-state index contributed by atoms with van der Waals surface area (Å²) in [4.78, 5) is 20.3. The van der Waals surface area contributed by atoms with Crippen LogP contribution in [0.4, 0.5) is 5.95 Å². The first kappa shape index (κ1) is 12.8. The van der Waals surface area contributed by atoms with E-state index in [2.05, 4.69) is 20.6 Å². The van der Waals surface area contributed by atoms with Gasteiger partial charge in [0.2, 0.25) is 17.7 Å². The number of carbonyl (C=O) groups is 1. The Balaban J connectivity index is 2.03. The summed E-state index contributed by atoms with van der Waals surface area (Å²) >= 11 is 0. The second kappa shape index (κ2) is 5.77. The quantitative estimate of drug-likeness (QED) is 0.827. The number of rotatable bonds is 3. The Morgan fingerprint density at radius 2 is 2.39 bits per heavy atom. The van der Waals surface area contributed by atoms with Crippen LogP contribution in [0.25, 0.3) is 0 Å². The van der Waals surface area contributed by atoms with E-state index in [-0.39, 0.29) is 11.8 Å². The van der Waals surface area contributed by atoms with Gasteiger partial charge in [-0.15, -0.1) is 0 Å². The Hall–Kier alpha value is -1.69. The standard InChI is InChI=1S/C12H18N4O2/c1-8-6-10(18-2)15-12(14-8)16-11(17)9-4-3-5-13-7-9/h6,9,13H,3-5,7H2,1-2H3,(H,14,15,16,17)/t9-/m0/s1. The van der Waals surface area contributed by atoms with Gasteiger partial charge in [-0.2, -0.15) is 4.98 Å². The molecule has 6 heteroatoms. The monoisotopic (exact) mass is 250 g/mol. The first-order valence-electron chi connectivity index (χ1n) is 6.10. The fourth-order valence-electron chi connectivity index (χ4n) is 1.99. The highest BCUT2D eigenvalue weighted by Gasteiger charge is 2.21. The lowest BCUT2D eigenvalue weighted by atomic mass is 9.99. The lowest BCUT2D eigenvalue weighted by molar-refractivity contribution is -0.120. The number of nitrogens with one attached hydrogen (secondary N) is 2. The van der Waals surface area contributed by atoms with Crippen LogP contribution in [0.2, 0.25) is 0 Å². The average Bonchev–Trinajstić information content (AvgIpc) is 2.39. The van der Waals surface area contributed by atoms with Crippen molar-refractivity contribution < 1.29 is 9.53 Å². The Bertz CT molecular complexity index is 430. The number of hydrogen-bond acceptors (Lipinski definition) is 5. The number of aromatic nitrogens is 2. The maximum absolute atomic E-state index is 12.0. The molecule has 98 valence electrons. The molecule has 2 heterocycles. The van der Waals surface area contributed by atoms with Gasteiger partial charge in [-0.3, -0.25) is 10.1 Å². The minimum Gasteiger partial charge on any atom is -0.481 e. The zero-order valence-corrected chi connectivity index (χ0v) is 10.7. The van der Waals surface area contributed by atoms with Gasteiger partial charge >= 0.3 is 0 Å². The van der Waals surface area contributed by atoms with Crippen LogP contribution in [0.1, 0.15) is 18.5 Å². The minimum atomic E-state index is -0.0325. The van der Waals surface area contributed by atoms with Crippen molar-refractivity contribution in [3.05, 3.63) is 11.8 Å². The summed E-state index contributed by atoms with van der Waals surface area (Å²) < 4.78 is 5.05. The third-order valence-corrected chi connectivity index (χ3v) is 2.94. The fourth-order valence-corrected chi connectivity index (χ4v) is 1.99. The zero-order valence-electron chi connectivity index (χ0n) is 10.7. The lowest BCUT2D eigenvalue weighted by Gasteiger charge is -2.21. The van der Waals surface area contributed by atoms with Crippen molar-refractivity contribution in [2.75, 3.05) is 25.5 Å². The third kappa shape index (κ3) is 3.16. The van der Waals surface area contributed by atoms with E-state index in [0.717, 1.165) is 31.6 Å². The molecule has 0 unspecified atom stereocenters. The SMILES string of the molecule is COc1cc(C)nc(NC(=O)[C@H]2CCCNC2)n1. The summed E-state index contributed by atoms with van der Waals surface area (Å²) in [7, 11) is 1.54. The van der Waals surface area contributed by atoms with Gasteiger partial charge in [-0.05, 0) is 26.3 Å². The second-order valence-corrected chi connectivity index (χ2v) is 4.41. The van der Waals surface area contributed by atoms with Crippen molar-refractivity contribution in [3.8, 4) is 5.88 Å². The molecular formula is C12H18N4O2. The van der Waals surface area contributed by atoms with Gasteiger partial charge in [0.05, 0.1) is 13.0 Å². The van der Waals surface area contributed by atoms with Crippen molar-refractivity contribution in [3.63, 3.8) is 0 Å². The predicted octanol–water partition coefficient (Wildman–Crippen LogP) is 0.732. The van der Waals surface area contributed by atoms with Crippen molar-refractivity contribution in [1.29, 1.82) is 0 Å². The molecule has 1 fully saturated rings. The average molecular weight is 250 g/mol. The number of methoxy groups -OCH3 is 1. The topological polar surface area (TPSA) is 76.1 Å². The van der Waals surface area contributed by atoms with E-state index in [1.54, 1.807) is 13.2 Å². The number of ether oxygens (including phenoxy) is 1. The molecule has 1 aliphatic rings. The van der Waals surface area contributed by atoms with Gasteiger partial charge in [0.15, 0.2) is 0 Å². The van der Waals surface area contributed by atoms with E-state index in [1.807, 2.05) is 6.92 Å². The zero-order chi connectivity index (χ0) is 13.0. The molecule has 0 aromatic carbocycles. The van der Waals surface area contributed by atoms with Crippen LogP contribution in [0, 0.1) is 12.8 Å². The van der Waals surface area contributed by atoms with E-state index < -0.39 is 0 Å². The number of amides is 1. The molecule has 1 aromatic heterocycles. The highest BCUT2D eigenvalue weighted by molar-refractivity contribution is 5.91. The molecule has 1 aromatic rings. The van der Waals surface area contributed by atoms with Crippen molar-refractivity contribution >= 4 is 11.9 Å². The maximum atomic E-state index is 12.0. The van der Waals surface area contributed by atoms with E-state index in [9.17, 15) is 4.79 Å². The molecule has 0 radical (unpaired) electrons. The maximum Gasteiger partial charge on any atom is 0.232 e. The number of piperidine rings is 1. The minimum absolute atomic E-state index is 0.00569. The van der Waals surface area contributed by atoms with Crippen LogP contribution in [0.3, 0.4) is 0 Å². The van der Waals surface area contributed by atoms with Gasteiger partial charge in [0.25, 0.3) is 0 Å². The summed E-state index contributed by atoms with van der Waals surface area (Å²) in [6.45, 7) is 3.54. The van der Waals surface area contributed by atoms with Gasteiger partial charge in [0.1, 0.15) is 0 Å². The molecule has 1 aliphatic heterocycles. The van der Waals surface area contributed by atoms with Crippen LogP contribution in [-0.4, -0.2) is 36.1 Å². The molecular weight excluding hydrogens is 232 g/mol.